The van der Waals surface area contributed by atoms with Crippen LogP contribution in [0.3, 0.4) is 0 Å². The highest BCUT2D eigenvalue weighted by Gasteiger charge is 2.30. The number of alkyl halides is 3. The summed E-state index contributed by atoms with van der Waals surface area (Å²) in [6.45, 7) is 9.92. The molecule has 0 saturated carbocycles. The first-order valence-corrected chi connectivity index (χ1v) is 12.6. The number of carboxylic acids is 1. The van der Waals surface area contributed by atoms with E-state index in [4.69, 9.17) is 0 Å². The number of benzene rings is 4. The van der Waals surface area contributed by atoms with E-state index in [9.17, 15) is 23.1 Å². The summed E-state index contributed by atoms with van der Waals surface area (Å²) in [4.78, 5) is 11.8. The van der Waals surface area contributed by atoms with Gasteiger partial charge in [-0.3, -0.25) is 0 Å². The number of fused-ring (bicyclic) bond motifs is 1. The Morgan fingerprint density at radius 1 is 0.784 bits per heavy atom. The summed E-state index contributed by atoms with van der Waals surface area (Å²) in [6.07, 6.45) is -4.39. The van der Waals surface area contributed by atoms with Gasteiger partial charge in [0.2, 0.25) is 0 Å². The monoisotopic (exact) mass is 507 g/mol. The predicted octanol–water partition coefficient (Wildman–Crippen LogP) is 8.63. The summed E-state index contributed by atoms with van der Waals surface area (Å²) in [5, 5.41) is 14.5. The number of carboxylic acid groups (broad SMARTS) is 1. The molecule has 194 valence electrons. The number of hydrogen-bond acceptors (Lipinski definition) is 2. The summed E-state index contributed by atoms with van der Waals surface area (Å²) in [5.41, 5.74) is 3.78. The maximum absolute atomic E-state index is 12.9. The molecule has 5 rings (SSSR count). The van der Waals surface area contributed by atoms with Gasteiger partial charge in [-0.15, -0.1) is 0 Å². The van der Waals surface area contributed by atoms with E-state index >= 15 is 0 Å². The molecule has 4 aromatic rings. The molecule has 1 aliphatic heterocycles. The van der Waals surface area contributed by atoms with Gasteiger partial charge < -0.3 is 10.4 Å². The highest BCUT2D eigenvalue weighted by atomic mass is 19.4. The van der Waals surface area contributed by atoms with E-state index in [0.717, 1.165) is 52.7 Å². The molecule has 0 amide bonds. The van der Waals surface area contributed by atoms with Crippen molar-refractivity contribution >= 4 is 16.7 Å². The van der Waals surface area contributed by atoms with Crippen LogP contribution in [-0.2, 0) is 6.18 Å². The van der Waals surface area contributed by atoms with Gasteiger partial charge in [0.25, 0.3) is 0 Å². The Balaban J connectivity index is 0.000000907. The molecule has 1 heterocycles. The van der Waals surface area contributed by atoms with Gasteiger partial charge >= 0.3 is 12.1 Å². The SMILES string of the molecule is CC.CC.O=C(O)c1cc(-c2ccc(C3CNC3)cc2)c2ccc(-c3ccc(C(F)(F)F)cc3)cc2c1. The first kappa shape index (κ1) is 27.9. The molecule has 2 N–H and O–H groups in total. The molecule has 1 saturated heterocycles. The van der Waals surface area contributed by atoms with Crippen LogP contribution in [0.25, 0.3) is 33.0 Å². The predicted molar refractivity (Wildman–Crippen MR) is 145 cm³/mol. The van der Waals surface area contributed by atoms with Crippen molar-refractivity contribution in [2.24, 2.45) is 0 Å². The zero-order valence-electron chi connectivity index (χ0n) is 21.5. The molecule has 0 unspecified atom stereocenters. The second-order valence-corrected chi connectivity index (χ2v) is 8.32. The van der Waals surface area contributed by atoms with Crippen LogP contribution in [0.1, 0.15) is 55.1 Å². The minimum atomic E-state index is -4.39. The molecule has 37 heavy (non-hydrogen) atoms. The number of rotatable bonds is 4. The molecule has 0 aromatic heterocycles. The van der Waals surface area contributed by atoms with Crippen LogP contribution < -0.4 is 5.32 Å². The maximum Gasteiger partial charge on any atom is 0.416 e. The number of nitrogens with one attached hydrogen (secondary N) is 1. The fourth-order valence-electron chi connectivity index (χ4n) is 4.22. The van der Waals surface area contributed by atoms with Crippen LogP contribution in [-0.4, -0.2) is 24.2 Å². The van der Waals surface area contributed by atoms with Gasteiger partial charge in [0.15, 0.2) is 0 Å². The Kier molecular flexibility index (Phi) is 9.11. The molecule has 0 spiro atoms. The highest BCUT2D eigenvalue weighted by Crippen LogP contribution is 2.35. The standard InChI is InChI=1S/C27H20F3NO2.2C2H6/c28-27(29,30)23-8-5-16(6-9-23)19-7-10-24-20(11-19)12-21(26(32)33)13-25(24)18-3-1-17(2-4-18)22-14-31-15-22;2*1-2/h1-13,22,31H,14-15H2,(H,32,33);2*1-2H3. The largest absolute Gasteiger partial charge is 0.478 e. The van der Waals surface area contributed by atoms with Crippen molar-refractivity contribution in [1.29, 1.82) is 0 Å². The Labute approximate surface area is 216 Å². The van der Waals surface area contributed by atoms with Crippen molar-refractivity contribution < 1.29 is 23.1 Å². The molecule has 1 aliphatic rings. The van der Waals surface area contributed by atoms with E-state index in [0.29, 0.717) is 11.5 Å². The third kappa shape index (κ3) is 6.20. The van der Waals surface area contributed by atoms with Gasteiger partial charge in [0.05, 0.1) is 11.1 Å². The van der Waals surface area contributed by atoms with Gasteiger partial charge in [-0.2, -0.15) is 13.2 Å². The lowest BCUT2D eigenvalue weighted by atomic mass is 9.90. The van der Waals surface area contributed by atoms with Gasteiger partial charge in [-0.25, -0.2) is 4.79 Å². The fraction of sp³-hybridized carbons (Fsp3) is 0.258. The zero-order valence-corrected chi connectivity index (χ0v) is 21.5. The third-order valence-electron chi connectivity index (χ3n) is 6.22. The Morgan fingerprint density at radius 2 is 1.35 bits per heavy atom. The first-order chi connectivity index (χ1) is 17.8. The van der Waals surface area contributed by atoms with Crippen LogP contribution in [0.4, 0.5) is 13.2 Å². The molecule has 3 nitrogen and oxygen atoms in total. The van der Waals surface area contributed by atoms with Gasteiger partial charge in [0, 0.05) is 19.0 Å². The Hall–Kier alpha value is -3.64. The fourth-order valence-corrected chi connectivity index (χ4v) is 4.22. The lowest BCUT2D eigenvalue weighted by Gasteiger charge is -2.27. The van der Waals surface area contributed by atoms with E-state index in [2.05, 4.69) is 17.4 Å². The molecule has 0 atom stereocenters. The summed E-state index contributed by atoms with van der Waals surface area (Å²) in [5.74, 6) is -0.525. The summed E-state index contributed by atoms with van der Waals surface area (Å²) in [6, 6.07) is 22.0. The van der Waals surface area contributed by atoms with E-state index < -0.39 is 17.7 Å². The number of hydrogen-bond donors (Lipinski definition) is 2. The molecular weight excluding hydrogens is 475 g/mol. The van der Waals surface area contributed by atoms with E-state index in [1.54, 1.807) is 12.1 Å². The topological polar surface area (TPSA) is 49.3 Å². The second kappa shape index (κ2) is 12.1. The molecule has 0 aliphatic carbocycles. The van der Waals surface area contributed by atoms with Crippen LogP contribution >= 0.6 is 0 Å². The molecule has 0 radical (unpaired) electrons. The zero-order chi connectivity index (χ0) is 27.2. The van der Waals surface area contributed by atoms with Gasteiger partial charge in [0.1, 0.15) is 0 Å². The molecular formula is C31H32F3NO2. The van der Waals surface area contributed by atoms with Crippen molar-refractivity contribution in [3.63, 3.8) is 0 Å². The van der Waals surface area contributed by atoms with Crippen molar-refractivity contribution in [3.05, 3.63) is 95.6 Å². The lowest BCUT2D eigenvalue weighted by molar-refractivity contribution is -0.137. The number of halogens is 3. The molecule has 4 aromatic carbocycles. The van der Waals surface area contributed by atoms with Crippen LogP contribution in [0.5, 0.6) is 0 Å². The average Bonchev–Trinajstić information content (AvgIpc) is 2.89. The molecule has 1 fully saturated rings. The minimum Gasteiger partial charge on any atom is -0.478 e. The molecule has 0 bridgehead atoms. The van der Waals surface area contributed by atoms with E-state index in [1.165, 1.54) is 17.7 Å². The van der Waals surface area contributed by atoms with Crippen molar-refractivity contribution in [2.75, 3.05) is 13.1 Å². The quantitative estimate of drug-likeness (QED) is 0.291. The summed E-state index contributed by atoms with van der Waals surface area (Å²) < 4.78 is 38.7. The van der Waals surface area contributed by atoms with Gasteiger partial charge in [-0.05, 0) is 68.9 Å². The average molecular weight is 508 g/mol. The Bertz CT molecular complexity index is 1340. The smallest absolute Gasteiger partial charge is 0.416 e. The number of carbonyl (C=O) groups is 1. The van der Waals surface area contributed by atoms with Crippen LogP contribution in [0.2, 0.25) is 0 Å². The first-order valence-electron chi connectivity index (χ1n) is 12.6. The van der Waals surface area contributed by atoms with Crippen LogP contribution in [0, 0.1) is 0 Å². The Morgan fingerprint density at radius 3 is 1.86 bits per heavy atom. The van der Waals surface area contributed by atoms with Crippen molar-refractivity contribution in [3.8, 4) is 22.3 Å². The van der Waals surface area contributed by atoms with Crippen molar-refractivity contribution in [2.45, 2.75) is 39.8 Å². The van der Waals surface area contributed by atoms with E-state index in [-0.39, 0.29) is 5.56 Å². The van der Waals surface area contributed by atoms with Gasteiger partial charge in [-0.1, -0.05) is 76.2 Å². The lowest BCUT2D eigenvalue weighted by Crippen LogP contribution is -2.39. The molecule has 6 heteroatoms. The van der Waals surface area contributed by atoms with Crippen molar-refractivity contribution in [1.82, 2.24) is 5.32 Å². The van der Waals surface area contributed by atoms with E-state index in [1.807, 2.05) is 58.0 Å². The minimum absolute atomic E-state index is 0.161. The van der Waals surface area contributed by atoms with Crippen LogP contribution in [0.15, 0.2) is 78.9 Å². The summed E-state index contributed by atoms with van der Waals surface area (Å²) in [7, 11) is 0. The maximum atomic E-state index is 12.9. The highest BCUT2D eigenvalue weighted by molar-refractivity contribution is 6.04. The second-order valence-electron chi connectivity index (χ2n) is 8.32. The normalized spacial score (nSPS) is 13.1. The summed E-state index contributed by atoms with van der Waals surface area (Å²) >= 11 is 0. The number of aromatic carboxylic acids is 1. The third-order valence-corrected chi connectivity index (χ3v) is 6.22.